The molecular formula is C10H18N4O. The van der Waals surface area contributed by atoms with Crippen molar-refractivity contribution < 1.29 is 4.74 Å². The summed E-state index contributed by atoms with van der Waals surface area (Å²) in [5, 5.41) is 7.64. The maximum atomic E-state index is 5.50. The SMILES string of the molecule is CC(Cn1cncn1)NC1CCOC1C. The van der Waals surface area contributed by atoms with Gasteiger partial charge in [0.15, 0.2) is 0 Å². The average Bonchev–Trinajstić information content (AvgIpc) is 2.79. The number of nitrogens with one attached hydrogen (secondary N) is 1. The molecule has 0 spiro atoms. The molecule has 15 heavy (non-hydrogen) atoms. The monoisotopic (exact) mass is 210 g/mol. The highest BCUT2D eigenvalue weighted by molar-refractivity contribution is 4.81. The van der Waals surface area contributed by atoms with Crippen molar-refractivity contribution in [3.8, 4) is 0 Å². The third-order valence-electron chi connectivity index (χ3n) is 2.80. The maximum absolute atomic E-state index is 5.50. The van der Waals surface area contributed by atoms with Crippen molar-refractivity contribution in [1.29, 1.82) is 0 Å². The fraction of sp³-hybridized carbons (Fsp3) is 0.800. The Kier molecular flexibility index (Phi) is 3.33. The van der Waals surface area contributed by atoms with Gasteiger partial charge in [0.2, 0.25) is 0 Å². The van der Waals surface area contributed by atoms with Crippen molar-refractivity contribution in [1.82, 2.24) is 20.1 Å². The van der Waals surface area contributed by atoms with Gasteiger partial charge in [-0.2, -0.15) is 5.10 Å². The second-order valence-electron chi connectivity index (χ2n) is 4.16. The lowest BCUT2D eigenvalue weighted by molar-refractivity contribution is 0.110. The molecule has 5 nitrogen and oxygen atoms in total. The summed E-state index contributed by atoms with van der Waals surface area (Å²) >= 11 is 0. The van der Waals surface area contributed by atoms with Crippen LogP contribution in [0.4, 0.5) is 0 Å². The topological polar surface area (TPSA) is 52.0 Å². The Labute approximate surface area is 89.8 Å². The number of nitrogens with zero attached hydrogens (tertiary/aromatic N) is 3. The first-order chi connectivity index (χ1) is 7.25. The molecule has 2 heterocycles. The van der Waals surface area contributed by atoms with E-state index in [1.54, 1.807) is 12.7 Å². The van der Waals surface area contributed by atoms with Gasteiger partial charge >= 0.3 is 0 Å². The highest BCUT2D eigenvalue weighted by Crippen LogP contribution is 2.13. The molecule has 84 valence electrons. The Morgan fingerprint density at radius 3 is 3.13 bits per heavy atom. The molecule has 5 heteroatoms. The fourth-order valence-corrected chi connectivity index (χ4v) is 1.98. The zero-order valence-corrected chi connectivity index (χ0v) is 9.26. The third-order valence-corrected chi connectivity index (χ3v) is 2.80. The molecule has 2 rings (SSSR count). The van der Waals surface area contributed by atoms with E-state index in [1.807, 2.05) is 4.68 Å². The summed E-state index contributed by atoms with van der Waals surface area (Å²) in [6, 6.07) is 0.865. The van der Waals surface area contributed by atoms with Crippen LogP contribution < -0.4 is 5.32 Å². The van der Waals surface area contributed by atoms with Crippen molar-refractivity contribution in [2.75, 3.05) is 6.61 Å². The maximum Gasteiger partial charge on any atom is 0.137 e. The molecular weight excluding hydrogens is 192 g/mol. The van der Waals surface area contributed by atoms with Crippen molar-refractivity contribution >= 4 is 0 Å². The molecule has 1 aliphatic heterocycles. The lowest BCUT2D eigenvalue weighted by atomic mass is 10.1. The summed E-state index contributed by atoms with van der Waals surface area (Å²) in [7, 11) is 0. The van der Waals surface area contributed by atoms with E-state index in [0.717, 1.165) is 19.6 Å². The van der Waals surface area contributed by atoms with Gasteiger partial charge in [0.05, 0.1) is 12.6 Å². The number of ether oxygens (including phenoxy) is 1. The van der Waals surface area contributed by atoms with Crippen molar-refractivity contribution in [3.63, 3.8) is 0 Å². The second-order valence-corrected chi connectivity index (χ2v) is 4.16. The molecule has 1 saturated heterocycles. The molecule has 0 saturated carbocycles. The number of aromatic nitrogens is 3. The van der Waals surface area contributed by atoms with Crippen LogP contribution in [0, 0.1) is 0 Å². The minimum absolute atomic E-state index is 0.322. The van der Waals surface area contributed by atoms with Gasteiger partial charge in [-0.15, -0.1) is 0 Å². The molecule has 0 bridgehead atoms. The summed E-state index contributed by atoms with van der Waals surface area (Å²) in [5.41, 5.74) is 0. The molecule has 3 unspecified atom stereocenters. The summed E-state index contributed by atoms with van der Waals surface area (Å²) in [5.74, 6) is 0. The standard InChI is InChI=1S/C10H18N4O/c1-8(5-14-7-11-6-12-14)13-10-3-4-15-9(10)2/h6-10,13H,3-5H2,1-2H3. The Morgan fingerprint density at radius 2 is 2.53 bits per heavy atom. The summed E-state index contributed by atoms with van der Waals surface area (Å²) in [4.78, 5) is 3.92. The van der Waals surface area contributed by atoms with Crippen LogP contribution in [-0.4, -0.2) is 39.6 Å². The van der Waals surface area contributed by atoms with Crippen molar-refractivity contribution in [2.45, 2.75) is 45.0 Å². The van der Waals surface area contributed by atoms with Gasteiger partial charge in [-0.3, -0.25) is 4.68 Å². The van der Waals surface area contributed by atoms with E-state index in [9.17, 15) is 0 Å². The van der Waals surface area contributed by atoms with Gasteiger partial charge in [0.1, 0.15) is 12.7 Å². The van der Waals surface area contributed by atoms with Crippen LogP contribution in [0.15, 0.2) is 12.7 Å². The van der Waals surface area contributed by atoms with Crippen LogP contribution in [0.3, 0.4) is 0 Å². The lowest BCUT2D eigenvalue weighted by Crippen LogP contribution is -2.42. The van der Waals surface area contributed by atoms with Gasteiger partial charge in [-0.25, -0.2) is 4.98 Å². The quantitative estimate of drug-likeness (QED) is 0.783. The molecule has 0 radical (unpaired) electrons. The molecule has 0 aliphatic carbocycles. The highest BCUT2D eigenvalue weighted by Gasteiger charge is 2.25. The van der Waals surface area contributed by atoms with E-state index < -0.39 is 0 Å². The molecule has 1 aromatic heterocycles. The van der Waals surface area contributed by atoms with Gasteiger partial charge in [-0.1, -0.05) is 0 Å². The second kappa shape index (κ2) is 4.72. The molecule has 1 aromatic rings. The fourth-order valence-electron chi connectivity index (χ4n) is 1.98. The lowest BCUT2D eigenvalue weighted by Gasteiger charge is -2.21. The van der Waals surface area contributed by atoms with Gasteiger partial charge < -0.3 is 10.1 Å². The van der Waals surface area contributed by atoms with Crippen molar-refractivity contribution in [3.05, 3.63) is 12.7 Å². The van der Waals surface area contributed by atoms with E-state index in [-0.39, 0.29) is 0 Å². The van der Waals surface area contributed by atoms with Crippen LogP contribution in [0.1, 0.15) is 20.3 Å². The first-order valence-corrected chi connectivity index (χ1v) is 5.46. The van der Waals surface area contributed by atoms with E-state index >= 15 is 0 Å². The van der Waals surface area contributed by atoms with E-state index in [1.165, 1.54) is 0 Å². The predicted octanol–water partition coefficient (Wildman–Crippen LogP) is 0.434. The smallest absolute Gasteiger partial charge is 0.137 e. The first kappa shape index (κ1) is 10.6. The van der Waals surface area contributed by atoms with Crippen LogP contribution >= 0.6 is 0 Å². The van der Waals surface area contributed by atoms with E-state index in [0.29, 0.717) is 18.2 Å². The van der Waals surface area contributed by atoms with Gasteiger partial charge in [0, 0.05) is 18.7 Å². The largest absolute Gasteiger partial charge is 0.377 e. The molecule has 1 fully saturated rings. The third kappa shape index (κ3) is 2.76. The van der Waals surface area contributed by atoms with Gasteiger partial charge in [-0.05, 0) is 20.3 Å². The summed E-state index contributed by atoms with van der Waals surface area (Å²) in [6.45, 7) is 6.00. The van der Waals surface area contributed by atoms with E-state index in [2.05, 4.69) is 29.2 Å². The Balaban J connectivity index is 1.79. The Hall–Kier alpha value is -0.940. The minimum atomic E-state index is 0.322. The molecule has 1 N–H and O–H groups in total. The first-order valence-electron chi connectivity index (χ1n) is 5.46. The molecule has 0 aromatic carbocycles. The van der Waals surface area contributed by atoms with Gasteiger partial charge in [0.25, 0.3) is 0 Å². The van der Waals surface area contributed by atoms with E-state index in [4.69, 9.17) is 4.74 Å². The number of rotatable bonds is 4. The highest BCUT2D eigenvalue weighted by atomic mass is 16.5. The zero-order valence-electron chi connectivity index (χ0n) is 9.26. The van der Waals surface area contributed by atoms with Crippen LogP contribution in [0.5, 0.6) is 0 Å². The zero-order chi connectivity index (χ0) is 10.7. The van der Waals surface area contributed by atoms with Crippen molar-refractivity contribution in [2.24, 2.45) is 0 Å². The predicted molar refractivity (Wildman–Crippen MR) is 56.4 cm³/mol. The Bertz CT molecular complexity index is 288. The normalized spacial score (nSPS) is 28.1. The molecule has 3 atom stereocenters. The van der Waals surface area contributed by atoms with Crippen LogP contribution in [0.2, 0.25) is 0 Å². The minimum Gasteiger partial charge on any atom is -0.377 e. The average molecular weight is 210 g/mol. The summed E-state index contributed by atoms with van der Waals surface area (Å²) < 4.78 is 7.35. The number of hydrogen-bond donors (Lipinski definition) is 1. The summed E-state index contributed by atoms with van der Waals surface area (Å²) in [6.07, 6.45) is 4.73. The van der Waals surface area contributed by atoms with Crippen LogP contribution in [0.25, 0.3) is 0 Å². The van der Waals surface area contributed by atoms with Crippen LogP contribution in [-0.2, 0) is 11.3 Å². The Morgan fingerprint density at radius 1 is 1.67 bits per heavy atom. The molecule has 0 amide bonds. The molecule has 1 aliphatic rings. The number of hydrogen-bond acceptors (Lipinski definition) is 4.